The van der Waals surface area contributed by atoms with E-state index in [4.69, 9.17) is 18.5 Å². The number of ether oxygens (including phenoxy) is 2. The van der Waals surface area contributed by atoms with Gasteiger partial charge < -0.3 is 18.5 Å². The fraction of sp³-hybridized carbons (Fsp3) is 1.00. The molecule has 0 unspecified atom stereocenters. The van der Waals surface area contributed by atoms with Crippen LogP contribution in [0.5, 0.6) is 0 Å². The van der Waals surface area contributed by atoms with Crippen LogP contribution in [0.3, 0.4) is 0 Å². The molecule has 86 valence electrons. The highest BCUT2D eigenvalue weighted by Crippen LogP contribution is 2.47. The molecule has 0 aromatic rings. The van der Waals surface area contributed by atoms with Crippen molar-refractivity contribution in [2.24, 2.45) is 0 Å². The quantitative estimate of drug-likeness (QED) is 0.443. The van der Waals surface area contributed by atoms with Crippen LogP contribution in [0.25, 0.3) is 0 Å². The lowest BCUT2D eigenvalue weighted by molar-refractivity contribution is 0.0785. The van der Waals surface area contributed by atoms with Gasteiger partial charge in [0, 0.05) is 7.11 Å². The van der Waals surface area contributed by atoms with E-state index in [1.54, 1.807) is 21.0 Å². The van der Waals surface area contributed by atoms with Crippen molar-refractivity contribution < 1.29 is 23.1 Å². The van der Waals surface area contributed by atoms with Crippen LogP contribution in [0.1, 0.15) is 13.8 Å². The summed E-state index contributed by atoms with van der Waals surface area (Å²) in [7, 11) is -1.46. The van der Waals surface area contributed by atoms with Gasteiger partial charge in [-0.15, -0.1) is 0 Å². The Bertz CT molecular complexity index is 163. The van der Waals surface area contributed by atoms with E-state index >= 15 is 0 Å². The van der Waals surface area contributed by atoms with E-state index < -0.39 is 7.60 Å². The monoisotopic (exact) mass is 226 g/mol. The lowest BCUT2D eigenvalue weighted by atomic mass is 10.8. The Hall–Kier alpha value is 0.0700. The molecule has 0 aromatic carbocycles. The van der Waals surface area contributed by atoms with Crippen LogP contribution >= 0.6 is 7.60 Å². The van der Waals surface area contributed by atoms with E-state index in [2.05, 4.69) is 0 Å². The first-order valence-electron chi connectivity index (χ1n) is 4.63. The fourth-order valence-corrected chi connectivity index (χ4v) is 2.19. The molecular formula is C8H19O5P. The zero-order valence-corrected chi connectivity index (χ0v) is 9.92. The van der Waals surface area contributed by atoms with Crippen LogP contribution in [-0.2, 0) is 23.1 Å². The predicted octanol–water partition coefficient (Wildman–Crippen LogP) is 1.87. The topological polar surface area (TPSA) is 54.0 Å². The van der Waals surface area contributed by atoms with Gasteiger partial charge in [0.25, 0.3) is 0 Å². The van der Waals surface area contributed by atoms with E-state index in [9.17, 15) is 4.57 Å². The molecular weight excluding hydrogens is 207 g/mol. The van der Waals surface area contributed by atoms with Crippen LogP contribution in [-0.4, -0.2) is 39.9 Å². The van der Waals surface area contributed by atoms with Crippen LogP contribution in [0.2, 0.25) is 0 Å². The van der Waals surface area contributed by atoms with Crippen molar-refractivity contribution >= 4 is 7.60 Å². The average molecular weight is 226 g/mol. The minimum atomic E-state index is -3.04. The lowest BCUT2D eigenvalue weighted by Crippen LogP contribution is -2.07. The Morgan fingerprint density at radius 1 is 1.07 bits per heavy atom. The molecule has 0 spiro atoms. The Kier molecular flexibility index (Phi) is 8.43. The maximum absolute atomic E-state index is 11.8. The summed E-state index contributed by atoms with van der Waals surface area (Å²) >= 11 is 0. The molecule has 0 aliphatic heterocycles. The van der Waals surface area contributed by atoms with Crippen LogP contribution in [0.4, 0.5) is 0 Å². The van der Waals surface area contributed by atoms with E-state index in [0.717, 1.165) is 0 Å². The molecule has 0 aliphatic carbocycles. The summed E-state index contributed by atoms with van der Waals surface area (Å²) in [6.45, 7) is 5.09. The van der Waals surface area contributed by atoms with E-state index in [0.29, 0.717) is 26.4 Å². The van der Waals surface area contributed by atoms with E-state index in [1.165, 1.54) is 0 Å². The highest BCUT2D eigenvalue weighted by molar-refractivity contribution is 7.53. The van der Waals surface area contributed by atoms with Crippen LogP contribution in [0.15, 0.2) is 0 Å². The van der Waals surface area contributed by atoms with Crippen molar-refractivity contribution in [2.45, 2.75) is 13.8 Å². The zero-order chi connectivity index (χ0) is 10.9. The van der Waals surface area contributed by atoms with Gasteiger partial charge in [-0.2, -0.15) is 0 Å². The third kappa shape index (κ3) is 6.51. The summed E-state index contributed by atoms with van der Waals surface area (Å²) in [6, 6.07) is 0. The third-order valence-corrected chi connectivity index (χ3v) is 3.13. The second-order valence-electron chi connectivity index (χ2n) is 2.48. The number of methoxy groups -OCH3 is 1. The summed E-state index contributed by atoms with van der Waals surface area (Å²) < 4.78 is 31.7. The molecule has 0 bridgehead atoms. The summed E-state index contributed by atoms with van der Waals surface area (Å²) in [5.74, 6) is 0. The SMILES string of the molecule is CCOP(=O)(COCCOC)OCC. The number of hydrogen-bond acceptors (Lipinski definition) is 5. The number of hydrogen-bond donors (Lipinski definition) is 0. The summed E-state index contributed by atoms with van der Waals surface area (Å²) in [6.07, 6.45) is -0.0158. The van der Waals surface area contributed by atoms with Gasteiger partial charge >= 0.3 is 7.60 Å². The molecule has 14 heavy (non-hydrogen) atoms. The van der Waals surface area contributed by atoms with Crippen molar-refractivity contribution in [3.8, 4) is 0 Å². The minimum absolute atomic E-state index is 0.0158. The number of rotatable bonds is 9. The van der Waals surface area contributed by atoms with Crippen LogP contribution in [0, 0.1) is 0 Å². The maximum atomic E-state index is 11.8. The molecule has 0 N–H and O–H groups in total. The third-order valence-electron chi connectivity index (χ3n) is 1.33. The van der Waals surface area contributed by atoms with Crippen LogP contribution < -0.4 is 0 Å². The molecule has 6 heteroatoms. The van der Waals surface area contributed by atoms with Crippen molar-refractivity contribution in [1.82, 2.24) is 0 Å². The molecule has 0 aromatic heterocycles. The molecule has 5 nitrogen and oxygen atoms in total. The van der Waals surface area contributed by atoms with E-state index in [-0.39, 0.29) is 6.35 Å². The van der Waals surface area contributed by atoms with Gasteiger partial charge in [0.15, 0.2) is 0 Å². The maximum Gasteiger partial charge on any atom is 0.356 e. The highest BCUT2D eigenvalue weighted by atomic mass is 31.2. The Morgan fingerprint density at radius 2 is 1.64 bits per heavy atom. The standard InChI is InChI=1S/C8H19O5P/c1-4-12-14(9,13-5-2)8-11-7-6-10-3/h4-8H2,1-3H3. The van der Waals surface area contributed by atoms with Crippen molar-refractivity contribution in [2.75, 3.05) is 39.9 Å². The van der Waals surface area contributed by atoms with Gasteiger partial charge in [0.1, 0.15) is 6.35 Å². The zero-order valence-electron chi connectivity index (χ0n) is 9.02. The highest BCUT2D eigenvalue weighted by Gasteiger charge is 2.23. The lowest BCUT2D eigenvalue weighted by Gasteiger charge is -2.16. The average Bonchev–Trinajstić information content (AvgIpc) is 2.13. The van der Waals surface area contributed by atoms with Gasteiger partial charge in [-0.1, -0.05) is 0 Å². The van der Waals surface area contributed by atoms with E-state index in [1.807, 2.05) is 0 Å². The fourth-order valence-electron chi connectivity index (χ4n) is 0.824. The molecule has 0 heterocycles. The molecule has 0 aliphatic rings. The first kappa shape index (κ1) is 14.1. The smallest absolute Gasteiger partial charge is 0.356 e. The van der Waals surface area contributed by atoms with Crippen molar-refractivity contribution in [1.29, 1.82) is 0 Å². The van der Waals surface area contributed by atoms with Gasteiger partial charge in [0.2, 0.25) is 0 Å². The van der Waals surface area contributed by atoms with Gasteiger partial charge in [0.05, 0.1) is 26.4 Å². The Labute approximate surface area is 85.2 Å². The molecule has 0 rings (SSSR count). The molecule has 0 radical (unpaired) electrons. The van der Waals surface area contributed by atoms with Gasteiger partial charge in [-0.25, -0.2) is 0 Å². The Balaban J connectivity index is 3.78. The second kappa shape index (κ2) is 8.38. The van der Waals surface area contributed by atoms with Gasteiger partial charge in [-0.05, 0) is 13.8 Å². The predicted molar refractivity (Wildman–Crippen MR) is 53.6 cm³/mol. The molecule has 0 saturated carbocycles. The summed E-state index contributed by atoms with van der Waals surface area (Å²) in [5.41, 5.74) is 0. The molecule has 0 amide bonds. The normalized spacial score (nSPS) is 11.9. The first-order valence-corrected chi connectivity index (χ1v) is 6.36. The Morgan fingerprint density at radius 3 is 2.07 bits per heavy atom. The largest absolute Gasteiger partial charge is 0.382 e. The first-order chi connectivity index (χ1) is 6.68. The minimum Gasteiger partial charge on any atom is -0.382 e. The molecule has 0 fully saturated rings. The summed E-state index contributed by atoms with van der Waals surface area (Å²) in [5, 5.41) is 0. The molecule has 0 saturated heterocycles. The van der Waals surface area contributed by atoms with Crippen molar-refractivity contribution in [3.63, 3.8) is 0 Å². The summed E-state index contributed by atoms with van der Waals surface area (Å²) in [4.78, 5) is 0. The molecule has 0 atom stereocenters. The van der Waals surface area contributed by atoms with Gasteiger partial charge in [-0.3, -0.25) is 4.57 Å². The van der Waals surface area contributed by atoms with Crippen molar-refractivity contribution in [3.05, 3.63) is 0 Å². The second-order valence-corrected chi connectivity index (χ2v) is 4.47.